The van der Waals surface area contributed by atoms with Crippen LogP contribution >= 0.6 is 11.3 Å². The van der Waals surface area contributed by atoms with Crippen molar-refractivity contribution in [2.75, 3.05) is 38.2 Å². The van der Waals surface area contributed by atoms with Gasteiger partial charge in [-0.15, -0.1) is 11.3 Å². The molecule has 0 atom stereocenters. The summed E-state index contributed by atoms with van der Waals surface area (Å²) in [5.41, 5.74) is -0.0891. The maximum absolute atomic E-state index is 12.0. The van der Waals surface area contributed by atoms with Crippen LogP contribution in [-0.2, 0) is 19.7 Å². The highest BCUT2D eigenvalue weighted by molar-refractivity contribution is 7.13. The monoisotopic (exact) mass is 311 g/mol. The van der Waals surface area contributed by atoms with Gasteiger partial charge in [0, 0.05) is 25.5 Å². The van der Waals surface area contributed by atoms with E-state index < -0.39 is 5.41 Å². The van der Waals surface area contributed by atoms with E-state index in [4.69, 9.17) is 4.74 Å². The highest BCUT2D eigenvalue weighted by Crippen LogP contribution is 2.30. The number of rotatable bonds is 4. The number of esters is 1. The fourth-order valence-corrected chi connectivity index (χ4v) is 3.05. The second-order valence-corrected chi connectivity index (χ2v) is 6.43. The molecule has 0 aliphatic carbocycles. The van der Waals surface area contributed by atoms with E-state index >= 15 is 0 Å². The molecule has 0 radical (unpaired) electrons. The van der Waals surface area contributed by atoms with Crippen molar-refractivity contribution in [3.05, 3.63) is 11.1 Å². The van der Waals surface area contributed by atoms with E-state index in [1.807, 2.05) is 10.3 Å². The molecule has 1 amide bonds. The highest BCUT2D eigenvalue weighted by atomic mass is 32.1. The molecular formula is C14H21N3O3S. The third kappa shape index (κ3) is 3.18. The minimum absolute atomic E-state index is 0.0858. The van der Waals surface area contributed by atoms with Crippen molar-refractivity contribution < 1.29 is 14.3 Å². The summed E-state index contributed by atoms with van der Waals surface area (Å²) >= 11 is 1.46. The standard InChI is InChI=1S/C14H21N3O3S/c1-5-20-12(19)14(2,3)10-9-21-13(15-10)17-7-6-16(4)11(18)8-17/h9H,5-8H2,1-4H3. The van der Waals surface area contributed by atoms with Crippen LogP contribution in [0, 0.1) is 0 Å². The number of piperazine rings is 1. The number of thiazole rings is 1. The van der Waals surface area contributed by atoms with Crippen LogP contribution < -0.4 is 4.90 Å². The molecule has 1 aliphatic heterocycles. The molecule has 6 nitrogen and oxygen atoms in total. The quantitative estimate of drug-likeness (QED) is 0.784. The van der Waals surface area contributed by atoms with Crippen molar-refractivity contribution in [2.24, 2.45) is 0 Å². The molecule has 0 bridgehead atoms. The van der Waals surface area contributed by atoms with E-state index in [2.05, 4.69) is 4.98 Å². The number of likely N-dealkylation sites (N-methyl/N-ethyl adjacent to an activating group) is 1. The summed E-state index contributed by atoms with van der Waals surface area (Å²) in [5, 5.41) is 2.65. The van der Waals surface area contributed by atoms with E-state index in [0.29, 0.717) is 25.4 Å². The van der Waals surface area contributed by atoms with Crippen LogP contribution in [0.2, 0.25) is 0 Å². The Kier molecular flexibility index (Phi) is 4.51. The van der Waals surface area contributed by atoms with Crippen molar-refractivity contribution in [3.63, 3.8) is 0 Å². The van der Waals surface area contributed by atoms with Crippen LogP contribution in [-0.4, -0.2) is 55.0 Å². The Labute approximate surface area is 128 Å². The number of anilines is 1. The lowest BCUT2D eigenvalue weighted by molar-refractivity contribution is -0.149. The van der Waals surface area contributed by atoms with Gasteiger partial charge in [0.1, 0.15) is 5.41 Å². The second-order valence-electron chi connectivity index (χ2n) is 5.60. The summed E-state index contributed by atoms with van der Waals surface area (Å²) < 4.78 is 5.10. The predicted molar refractivity (Wildman–Crippen MR) is 81.6 cm³/mol. The maximum Gasteiger partial charge on any atom is 0.317 e. The van der Waals surface area contributed by atoms with Crippen LogP contribution in [0.1, 0.15) is 26.5 Å². The number of hydrogen-bond donors (Lipinski definition) is 0. The van der Waals surface area contributed by atoms with Crippen LogP contribution in [0.3, 0.4) is 0 Å². The normalized spacial score (nSPS) is 16.3. The molecule has 2 rings (SSSR count). The lowest BCUT2D eigenvalue weighted by atomic mass is 9.90. The van der Waals surface area contributed by atoms with Gasteiger partial charge in [0.15, 0.2) is 5.13 Å². The van der Waals surface area contributed by atoms with Crippen LogP contribution in [0.4, 0.5) is 5.13 Å². The van der Waals surface area contributed by atoms with Gasteiger partial charge in [0.05, 0.1) is 18.8 Å². The average Bonchev–Trinajstić information content (AvgIpc) is 2.92. The molecule has 1 aromatic rings. The van der Waals surface area contributed by atoms with Gasteiger partial charge in [0.25, 0.3) is 0 Å². The third-order valence-corrected chi connectivity index (χ3v) is 4.55. The van der Waals surface area contributed by atoms with Crippen molar-refractivity contribution >= 4 is 28.3 Å². The summed E-state index contributed by atoms with van der Waals surface area (Å²) in [7, 11) is 1.80. The van der Waals surface area contributed by atoms with Crippen molar-refractivity contribution in [2.45, 2.75) is 26.2 Å². The van der Waals surface area contributed by atoms with E-state index in [9.17, 15) is 9.59 Å². The summed E-state index contributed by atoms with van der Waals surface area (Å²) in [6.07, 6.45) is 0. The predicted octanol–water partition coefficient (Wildman–Crippen LogP) is 1.26. The van der Waals surface area contributed by atoms with Gasteiger partial charge in [0.2, 0.25) is 5.91 Å². The molecule has 0 unspecified atom stereocenters. The Morgan fingerprint density at radius 2 is 2.19 bits per heavy atom. The number of aromatic nitrogens is 1. The number of carbonyl (C=O) groups excluding carboxylic acids is 2. The molecule has 21 heavy (non-hydrogen) atoms. The number of hydrogen-bond acceptors (Lipinski definition) is 6. The fraction of sp³-hybridized carbons (Fsp3) is 0.643. The Morgan fingerprint density at radius 1 is 1.48 bits per heavy atom. The number of ether oxygens (including phenoxy) is 1. The van der Waals surface area contributed by atoms with Crippen molar-refractivity contribution in [1.29, 1.82) is 0 Å². The van der Waals surface area contributed by atoms with Gasteiger partial charge in [-0.2, -0.15) is 0 Å². The zero-order chi connectivity index (χ0) is 15.6. The van der Waals surface area contributed by atoms with E-state index in [1.165, 1.54) is 11.3 Å². The summed E-state index contributed by atoms with van der Waals surface area (Å²) in [4.78, 5) is 32.0. The zero-order valence-corrected chi connectivity index (χ0v) is 13.7. The maximum atomic E-state index is 12.0. The van der Waals surface area contributed by atoms with Gasteiger partial charge in [-0.05, 0) is 20.8 Å². The zero-order valence-electron chi connectivity index (χ0n) is 12.9. The molecule has 1 aliphatic rings. The first-order chi connectivity index (χ1) is 9.86. The first-order valence-corrected chi connectivity index (χ1v) is 7.86. The van der Waals surface area contributed by atoms with Gasteiger partial charge in [-0.3, -0.25) is 9.59 Å². The van der Waals surface area contributed by atoms with Crippen LogP contribution in [0.25, 0.3) is 0 Å². The molecule has 1 fully saturated rings. The fourth-order valence-electron chi connectivity index (χ4n) is 2.03. The molecule has 1 saturated heterocycles. The first kappa shape index (κ1) is 15.8. The second kappa shape index (κ2) is 6.01. The van der Waals surface area contributed by atoms with E-state index in [-0.39, 0.29) is 11.9 Å². The van der Waals surface area contributed by atoms with Gasteiger partial charge < -0.3 is 14.5 Å². The molecule has 7 heteroatoms. The highest BCUT2D eigenvalue weighted by Gasteiger charge is 2.35. The summed E-state index contributed by atoms with van der Waals surface area (Å²) in [5.74, 6) is -0.195. The lowest BCUT2D eigenvalue weighted by Crippen LogP contribution is -2.48. The number of nitrogens with zero attached hydrogens (tertiary/aromatic N) is 3. The molecule has 0 spiro atoms. The largest absolute Gasteiger partial charge is 0.465 e. The summed E-state index contributed by atoms with van der Waals surface area (Å²) in [6, 6.07) is 0. The molecule has 0 saturated carbocycles. The smallest absolute Gasteiger partial charge is 0.317 e. The molecule has 116 valence electrons. The molecule has 0 N–H and O–H groups in total. The minimum Gasteiger partial charge on any atom is -0.465 e. The SMILES string of the molecule is CCOC(=O)C(C)(C)c1csc(N2CCN(C)C(=O)C2)n1. The average molecular weight is 311 g/mol. The van der Waals surface area contributed by atoms with E-state index in [0.717, 1.165) is 11.7 Å². The van der Waals surface area contributed by atoms with Crippen LogP contribution in [0.5, 0.6) is 0 Å². The van der Waals surface area contributed by atoms with Crippen molar-refractivity contribution in [1.82, 2.24) is 9.88 Å². The molecule has 0 aromatic carbocycles. The van der Waals surface area contributed by atoms with E-state index in [1.54, 1.807) is 32.7 Å². The summed E-state index contributed by atoms with van der Waals surface area (Å²) in [6.45, 7) is 7.54. The number of amides is 1. The number of carbonyl (C=O) groups is 2. The Bertz CT molecular complexity index is 541. The van der Waals surface area contributed by atoms with Gasteiger partial charge in [-0.25, -0.2) is 4.98 Å². The lowest BCUT2D eigenvalue weighted by Gasteiger charge is -2.31. The Balaban J connectivity index is 2.14. The Hall–Kier alpha value is -1.63. The Morgan fingerprint density at radius 3 is 2.81 bits per heavy atom. The molecular weight excluding hydrogens is 290 g/mol. The minimum atomic E-state index is -0.776. The van der Waals surface area contributed by atoms with Crippen molar-refractivity contribution in [3.8, 4) is 0 Å². The first-order valence-electron chi connectivity index (χ1n) is 6.98. The van der Waals surface area contributed by atoms with Gasteiger partial charge >= 0.3 is 5.97 Å². The van der Waals surface area contributed by atoms with Crippen LogP contribution in [0.15, 0.2) is 5.38 Å². The third-order valence-electron chi connectivity index (χ3n) is 3.65. The van der Waals surface area contributed by atoms with Gasteiger partial charge in [-0.1, -0.05) is 0 Å². The topological polar surface area (TPSA) is 62.7 Å². The molecule has 2 heterocycles. The molecule has 1 aromatic heterocycles.